The van der Waals surface area contributed by atoms with Crippen LogP contribution in [0.2, 0.25) is 0 Å². The van der Waals surface area contributed by atoms with Crippen molar-refractivity contribution in [3.05, 3.63) is 84.1 Å². The number of aliphatic hydroxyl groups excluding tert-OH is 1. The lowest BCUT2D eigenvalue weighted by Crippen LogP contribution is -2.51. The highest BCUT2D eigenvalue weighted by molar-refractivity contribution is 7.52. The standard InChI is InChI=1S/C23H31FN3O8P.C18H26FN3O6.C16H23FN5O6P.H4N2/c1-14(2)33-21(30)15(3)26-36(31,35-17-9-7-6-8-10-17)32-13-18-20(29)23(5,24)22(34-18)27-12-11-19(28)25-16(27)4;1-9(2)14(23)26-8-11-13(28-15(24)10(3)4)18(5,19)16(27-11)22-7-6-12(20)21-17(22)25;1-5-24-13-10-12(20-15(18)21-13)22(7-19-10)14-16(4,17)11-9(26-14)6-25-29(23,28-11)27-8(2)3;1-2/h6-12,14-15,18,20,22,29H,4,13H2,1-3,5H3,(H,25,28)(H,26,31);6-7,9-11,13,16H,8H2,1-5H3,(H2,20,21,25);7-9,11,14H,5-6H2,1-4H3,(H2,18,20,21);1-2H2/t15-,18+,20+,22+,23+,36?;11-,13-,16-,18-;9-,11-,14-,16-,29?;/m011./s1. The summed E-state index contributed by atoms with van der Waals surface area (Å²) in [5, 5.41) is 15.6. The number of nitrogens with zero attached hydrogens (tertiary/aromatic N) is 7. The number of phosphoric ester groups is 1. The molecule has 4 saturated heterocycles. The second kappa shape index (κ2) is 31.8. The van der Waals surface area contributed by atoms with Crippen LogP contribution in [0.5, 0.6) is 11.6 Å². The highest BCUT2D eigenvalue weighted by Crippen LogP contribution is 2.60. The van der Waals surface area contributed by atoms with E-state index in [1.165, 1.54) is 60.2 Å². The van der Waals surface area contributed by atoms with E-state index in [1.807, 2.05) is 0 Å². The predicted octanol–water partition coefficient (Wildman–Crippen LogP) is 4.77. The molecule has 11 N–H and O–H groups in total. The number of carbonyl (C=O) groups excluding carboxylic acids is 4. The molecule has 0 aliphatic carbocycles. The van der Waals surface area contributed by atoms with E-state index in [1.54, 1.807) is 80.5 Å². The van der Waals surface area contributed by atoms with E-state index in [0.717, 1.165) is 24.5 Å². The normalized spacial score (nSPS) is 29.5. The summed E-state index contributed by atoms with van der Waals surface area (Å²) in [7, 11) is -8.16. The summed E-state index contributed by atoms with van der Waals surface area (Å²) in [4.78, 5) is 77.0. The van der Waals surface area contributed by atoms with E-state index in [4.69, 9.17) is 67.2 Å². The molecule has 95 heavy (non-hydrogen) atoms. The van der Waals surface area contributed by atoms with Crippen LogP contribution in [0.4, 0.5) is 24.9 Å². The number of fused-ring (bicyclic) bond motifs is 2. The van der Waals surface area contributed by atoms with Crippen LogP contribution in [0.1, 0.15) is 102 Å². The number of carbonyl (C=O) groups is 4. The largest absolute Gasteiger partial charge is 0.476 e. The van der Waals surface area contributed by atoms with Crippen LogP contribution in [0.25, 0.3) is 11.2 Å². The number of esters is 3. The molecule has 4 fully saturated rings. The van der Waals surface area contributed by atoms with Gasteiger partial charge in [0, 0.05) is 18.5 Å². The minimum atomic E-state index is -4.25. The van der Waals surface area contributed by atoms with Crippen molar-refractivity contribution in [2.45, 2.75) is 181 Å². The van der Waals surface area contributed by atoms with Crippen LogP contribution in [-0.4, -0.2) is 167 Å². The lowest BCUT2D eigenvalue weighted by atomic mass is 9.98. The summed E-state index contributed by atoms with van der Waals surface area (Å²) in [6.45, 7) is 23.0. The van der Waals surface area contributed by atoms with Gasteiger partial charge in [-0.2, -0.15) is 20.0 Å². The Labute approximate surface area is 545 Å². The fraction of sp³-hybridized carbons (Fsp3) is 0.596. The molecule has 0 bridgehead atoms. The van der Waals surface area contributed by atoms with Gasteiger partial charge in [-0.15, -0.1) is 0 Å². The molecule has 38 heteroatoms. The number of hydrogen-bond donors (Lipinski definition) is 7. The first-order chi connectivity index (χ1) is 44.4. The van der Waals surface area contributed by atoms with Crippen molar-refractivity contribution in [1.29, 1.82) is 0 Å². The van der Waals surface area contributed by atoms with Crippen LogP contribution >= 0.6 is 15.6 Å². The van der Waals surface area contributed by atoms with E-state index in [2.05, 4.69) is 48.6 Å². The van der Waals surface area contributed by atoms with Gasteiger partial charge in [0.05, 0.1) is 50.2 Å². The molecular formula is C57H84F3N13O20P2. The zero-order valence-electron chi connectivity index (χ0n) is 54.6. The Kier molecular flexibility index (Phi) is 25.7. The molecule has 1 amide bonds. The van der Waals surface area contributed by atoms with E-state index >= 15 is 13.2 Å². The van der Waals surface area contributed by atoms with Crippen LogP contribution < -0.4 is 48.5 Å². The number of nitrogens with one attached hydrogen (secondary N) is 2. The number of imidazole rings is 1. The number of halogens is 3. The second-order valence-corrected chi connectivity index (χ2v) is 26.8. The van der Waals surface area contributed by atoms with Gasteiger partial charge in [0.25, 0.3) is 5.91 Å². The number of aromatic nitrogens is 6. The molecule has 15 atom stereocenters. The first kappa shape index (κ1) is 76.8. The number of hydrogen-bond acceptors (Lipinski definition) is 29. The van der Waals surface area contributed by atoms with Gasteiger partial charge in [0.2, 0.25) is 11.8 Å². The number of hydrazine groups is 1. The smallest absolute Gasteiger partial charge is 0.475 e. The number of para-hydroxylation sites is 1. The number of nitrogens with two attached hydrogens (primary N) is 4. The summed E-state index contributed by atoms with van der Waals surface area (Å²) in [6, 6.07) is 8.33. The van der Waals surface area contributed by atoms with E-state index in [-0.39, 0.29) is 48.1 Å². The molecule has 33 nitrogen and oxygen atoms in total. The van der Waals surface area contributed by atoms with Gasteiger partial charge in [0.15, 0.2) is 53.0 Å². The third kappa shape index (κ3) is 18.5. The van der Waals surface area contributed by atoms with Crippen LogP contribution in [0, 0.1) is 11.8 Å². The zero-order valence-corrected chi connectivity index (χ0v) is 56.4. The average molecular weight is 1390 g/mol. The van der Waals surface area contributed by atoms with Gasteiger partial charge >= 0.3 is 39.2 Å². The van der Waals surface area contributed by atoms with Crippen molar-refractivity contribution >= 4 is 62.3 Å². The van der Waals surface area contributed by atoms with Gasteiger partial charge in [-0.3, -0.25) is 58.1 Å². The number of alkyl halides is 3. The predicted molar refractivity (Wildman–Crippen MR) is 331 cm³/mol. The van der Waals surface area contributed by atoms with Crippen LogP contribution in [0.15, 0.2) is 78.4 Å². The van der Waals surface area contributed by atoms with Crippen molar-refractivity contribution in [3.63, 3.8) is 0 Å². The molecule has 0 spiro atoms. The molecule has 3 aromatic heterocycles. The second-order valence-electron chi connectivity index (χ2n) is 23.6. The molecule has 5 aliphatic heterocycles. The summed E-state index contributed by atoms with van der Waals surface area (Å²) < 4.78 is 141. The van der Waals surface area contributed by atoms with Gasteiger partial charge in [-0.1, -0.05) is 52.5 Å². The van der Waals surface area contributed by atoms with Gasteiger partial charge < -0.3 is 64.5 Å². The fourth-order valence-electron chi connectivity index (χ4n) is 9.76. The number of amides is 1. The van der Waals surface area contributed by atoms with Crippen LogP contribution in [-0.2, 0) is 74.8 Å². The molecule has 8 heterocycles. The molecule has 1 aromatic carbocycles. The van der Waals surface area contributed by atoms with Crippen molar-refractivity contribution in [2.24, 2.45) is 23.5 Å². The van der Waals surface area contributed by atoms with E-state index in [0.29, 0.717) is 12.1 Å². The molecule has 4 aromatic rings. The molecule has 0 radical (unpaired) electrons. The third-order valence-electron chi connectivity index (χ3n) is 14.3. The van der Waals surface area contributed by atoms with Crippen molar-refractivity contribution in [3.8, 4) is 11.6 Å². The van der Waals surface area contributed by atoms with Gasteiger partial charge in [-0.05, 0) is 80.5 Å². The summed E-state index contributed by atoms with van der Waals surface area (Å²) in [5.41, 5.74) is 4.28. The fourth-order valence-corrected chi connectivity index (χ4v) is 12.9. The Morgan fingerprint density at radius 2 is 1.49 bits per heavy atom. The molecular weight excluding hydrogens is 1310 g/mol. The Morgan fingerprint density at radius 3 is 2.09 bits per heavy atom. The number of nitrogen functional groups attached to an aromatic ring is 2. The Balaban J connectivity index is 0.000000225. The number of rotatable bonds is 21. The number of phosphoric acid groups is 1. The minimum absolute atomic E-state index is 0.0231. The van der Waals surface area contributed by atoms with Crippen molar-refractivity contribution in [1.82, 2.24) is 44.4 Å². The third-order valence-corrected chi connectivity index (χ3v) is 17.6. The first-order valence-corrected chi connectivity index (χ1v) is 32.9. The van der Waals surface area contributed by atoms with E-state index < -0.39 is 154 Å². The topological polar surface area (TPSA) is 443 Å². The monoisotopic (exact) mass is 1390 g/mol. The summed E-state index contributed by atoms with van der Waals surface area (Å²) >= 11 is 0. The Hall–Kier alpha value is -7.18. The lowest BCUT2D eigenvalue weighted by Gasteiger charge is -2.35. The molecule has 528 valence electrons. The maximum atomic E-state index is 15.9. The first-order valence-electron chi connectivity index (χ1n) is 29.9. The molecule has 5 aliphatic rings. The van der Waals surface area contributed by atoms with Crippen molar-refractivity contribution in [2.75, 3.05) is 37.9 Å². The Morgan fingerprint density at radius 1 is 0.853 bits per heavy atom. The minimum Gasteiger partial charge on any atom is -0.476 e. The maximum Gasteiger partial charge on any atom is 0.475 e. The number of aliphatic hydroxyl groups is 1. The molecule has 0 saturated carbocycles. The summed E-state index contributed by atoms with van der Waals surface area (Å²) in [6.07, 6.45) is -7.20. The molecule has 9 rings (SSSR count). The number of ether oxygens (including phenoxy) is 7. The highest BCUT2D eigenvalue weighted by atomic mass is 31.2. The highest BCUT2D eigenvalue weighted by Gasteiger charge is 2.63. The Bertz CT molecular complexity index is 3530. The van der Waals surface area contributed by atoms with Gasteiger partial charge in [0.1, 0.15) is 60.6 Å². The summed E-state index contributed by atoms with van der Waals surface area (Å²) in [5.74, 6) is 5.20. The average Bonchev–Trinajstić information content (AvgIpc) is 1.63. The number of anilines is 2. The molecule has 2 unspecified atom stereocenters. The lowest BCUT2D eigenvalue weighted by molar-refractivity contribution is -0.165. The SMILES string of the molecule is C=C1NC(=O)C=CN1[C@@H]1O[C@H](COP(=O)(N[C@@H](C)C(=O)OC(C)C)Oc2ccccc2)[C@@H](O)[C@@]1(C)F.CC(C)C(=O)OC[C@H]1O[C@@H](n2ccc(N)nc2=O)[C@](C)(F)[C@@H]1OC(=O)C(C)C.CCOc1nc(N)nc2c1ncn2[C@@H]1O[C@@H]2COP(=O)(OC(C)C)O[C@H]2[C@@]1(C)F.NN. The zero-order chi connectivity index (χ0) is 70.9. The van der Waals surface area contributed by atoms with E-state index in [9.17, 15) is 38.2 Å². The van der Waals surface area contributed by atoms with Gasteiger partial charge in [-0.25, -0.2) is 32.1 Å². The number of benzene rings is 1. The quantitative estimate of drug-likeness (QED) is 0.0194. The van der Waals surface area contributed by atoms with Crippen molar-refractivity contribution < 1.29 is 102 Å². The van der Waals surface area contributed by atoms with Crippen LogP contribution in [0.3, 0.4) is 0 Å². The maximum absolute atomic E-state index is 15.9.